The van der Waals surface area contributed by atoms with Crippen molar-refractivity contribution in [3.8, 4) is 0 Å². The summed E-state index contributed by atoms with van der Waals surface area (Å²) < 4.78 is 1.53. The van der Waals surface area contributed by atoms with Crippen molar-refractivity contribution >= 4 is 23.2 Å². The molecule has 7 nitrogen and oxygen atoms in total. The van der Waals surface area contributed by atoms with E-state index in [1.165, 1.54) is 11.0 Å². The maximum Gasteiger partial charge on any atom is 0.307 e. The number of carbonyl (C=O) groups is 2. The summed E-state index contributed by atoms with van der Waals surface area (Å²) in [6.45, 7) is 6.82. The molecule has 2 fully saturated rings. The number of amides is 2. The average molecular weight is 366 g/mol. The van der Waals surface area contributed by atoms with Crippen LogP contribution < -0.4 is 4.87 Å². The van der Waals surface area contributed by atoms with E-state index in [2.05, 4.69) is 4.90 Å². The van der Waals surface area contributed by atoms with E-state index in [-0.39, 0.29) is 23.2 Å². The first kappa shape index (κ1) is 18.1. The second-order valence-corrected chi connectivity index (χ2v) is 7.65. The second kappa shape index (κ2) is 8.14. The molecule has 0 atom stereocenters. The molecule has 0 bridgehead atoms. The minimum Gasteiger partial charge on any atom is -0.342 e. The monoisotopic (exact) mass is 366 g/mol. The standard InChI is InChI=1S/C17H26N4O3S/c1-14-13-25-17(24)21(14)12-16(23)20-9-7-18(8-10-20)11-15(22)19-5-3-2-4-6-19/h13H,2-12H2,1H3. The molecule has 25 heavy (non-hydrogen) atoms. The molecule has 0 N–H and O–H groups in total. The smallest absolute Gasteiger partial charge is 0.307 e. The lowest BCUT2D eigenvalue weighted by Crippen LogP contribution is -2.52. The summed E-state index contributed by atoms with van der Waals surface area (Å²) in [4.78, 5) is 42.3. The number of hydrogen-bond donors (Lipinski definition) is 0. The van der Waals surface area contributed by atoms with Crippen molar-refractivity contribution in [3.63, 3.8) is 0 Å². The maximum atomic E-state index is 12.4. The fourth-order valence-electron chi connectivity index (χ4n) is 3.42. The number of aryl methyl sites for hydroxylation is 1. The minimum atomic E-state index is -0.0865. The quantitative estimate of drug-likeness (QED) is 0.773. The Morgan fingerprint density at radius 3 is 2.12 bits per heavy atom. The Balaban J connectivity index is 1.46. The van der Waals surface area contributed by atoms with Crippen molar-refractivity contribution < 1.29 is 9.59 Å². The third-order valence-corrected chi connectivity index (χ3v) is 5.94. The number of hydrogen-bond acceptors (Lipinski definition) is 5. The summed E-state index contributed by atoms with van der Waals surface area (Å²) in [5.41, 5.74) is 0.828. The van der Waals surface area contributed by atoms with Crippen LogP contribution in [-0.2, 0) is 16.1 Å². The fourth-order valence-corrected chi connectivity index (χ4v) is 4.16. The van der Waals surface area contributed by atoms with Crippen molar-refractivity contribution in [3.05, 3.63) is 20.7 Å². The van der Waals surface area contributed by atoms with E-state index < -0.39 is 0 Å². The molecule has 0 aromatic carbocycles. The molecule has 1 aromatic heterocycles. The first-order valence-electron chi connectivity index (χ1n) is 8.97. The summed E-state index contributed by atoms with van der Waals surface area (Å²) in [6, 6.07) is 0. The number of likely N-dealkylation sites (tertiary alicyclic amines) is 1. The molecular weight excluding hydrogens is 340 g/mol. The minimum absolute atomic E-state index is 0.0226. The third-order valence-electron chi connectivity index (χ3n) is 5.06. The van der Waals surface area contributed by atoms with Crippen LogP contribution >= 0.6 is 11.3 Å². The highest BCUT2D eigenvalue weighted by atomic mass is 32.1. The highest BCUT2D eigenvalue weighted by molar-refractivity contribution is 7.07. The molecule has 3 heterocycles. The van der Waals surface area contributed by atoms with Gasteiger partial charge in [0.1, 0.15) is 6.54 Å². The van der Waals surface area contributed by atoms with Gasteiger partial charge in [0.05, 0.1) is 6.54 Å². The van der Waals surface area contributed by atoms with Gasteiger partial charge in [-0.2, -0.15) is 0 Å². The highest BCUT2D eigenvalue weighted by Crippen LogP contribution is 2.10. The van der Waals surface area contributed by atoms with Crippen molar-refractivity contribution in [2.45, 2.75) is 32.7 Å². The summed E-state index contributed by atoms with van der Waals surface area (Å²) in [6.07, 6.45) is 3.43. The molecule has 138 valence electrons. The predicted molar refractivity (Wildman–Crippen MR) is 96.8 cm³/mol. The summed E-state index contributed by atoms with van der Waals surface area (Å²) >= 11 is 1.13. The molecule has 3 rings (SSSR count). The first-order chi connectivity index (χ1) is 12.0. The lowest BCUT2D eigenvalue weighted by molar-refractivity contribution is -0.136. The zero-order valence-corrected chi connectivity index (χ0v) is 15.6. The van der Waals surface area contributed by atoms with Crippen LogP contribution in [0.4, 0.5) is 0 Å². The van der Waals surface area contributed by atoms with E-state index in [0.29, 0.717) is 32.7 Å². The van der Waals surface area contributed by atoms with Gasteiger partial charge in [0.2, 0.25) is 11.8 Å². The largest absolute Gasteiger partial charge is 0.342 e. The van der Waals surface area contributed by atoms with Crippen LogP contribution in [0.25, 0.3) is 0 Å². The topological polar surface area (TPSA) is 65.9 Å². The summed E-state index contributed by atoms with van der Waals surface area (Å²) in [7, 11) is 0. The zero-order chi connectivity index (χ0) is 17.8. The van der Waals surface area contributed by atoms with Gasteiger partial charge in [-0.25, -0.2) is 0 Å². The lowest BCUT2D eigenvalue weighted by Gasteiger charge is -2.36. The van der Waals surface area contributed by atoms with Crippen LogP contribution in [-0.4, -0.2) is 76.9 Å². The average Bonchev–Trinajstić information content (AvgIpc) is 2.95. The molecule has 2 aliphatic heterocycles. The maximum absolute atomic E-state index is 12.4. The molecule has 8 heteroatoms. The molecule has 0 saturated carbocycles. The van der Waals surface area contributed by atoms with E-state index >= 15 is 0 Å². The molecule has 0 spiro atoms. The van der Waals surface area contributed by atoms with Gasteiger partial charge in [-0.1, -0.05) is 11.3 Å². The third kappa shape index (κ3) is 4.49. The van der Waals surface area contributed by atoms with Gasteiger partial charge in [0.15, 0.2) is 0 Å². The number of rotatable bonds is 4. The molecule has 0 radical (unpaired) electrons. The normalized spacial score (nSPS) is 19.2. The number of piperazine rings is 1. The Morgan fingerprint density at radius 2 is 1.52 bits per heavy atom. The second-order valence-electron chi connectivity index (χ2n) is 6.83. The van der Waals surface area contributed by atoms with Gasteiger partial charge >= 0.3 is 4.87 Å². The summed E-state index contributed by atoms with van der Waals surface area (Å²) in [5.74, 6) is 0.186. The van der Waals surface area contributed by atoms with Crippen LogP contribution in [0.5, 0.6) is 0 Å². The van der Waals surface area contributed by atoms with E-state index in [0.717, 1.165) is 43.0 Å². The number of nitrogens with zero attached hydrogens (tertiary/aromatic N) is 4. The van der Waals surface area contributed by atoms with E-state index in [1.54, 1.807) is 10.3 Å². The van der Waals surface area contributed by atoms with E-state index in [1.807, 2.05) is 11.8 Å². The molecule has 1 aromatic rings. The van der Waals surface area contributed by atoms with Gasteiger partial charge in [-0.05, 0) is 26.2 Å². The lowest BCUT2D eigenvalue weighted by atomic mass is 10.1. The van der Waals surface area contributed by atoms with E-state index in [9.17, 15) is 14.4 Å². The van der Waals surface area contributed by atoms with Crippen molar-refractivity contribution in [1.29, 1.82) is 0 Å². The highest BCUT2D eigenvalue weighted by Gasteiger charge is 2.25. The van der Waals surface area contributed by atoms with Crippen LogP contribution in [0, 0.1) is 6.92 Å². The van der Waals surface area contributed by atoms with Gasteiger partial charge < -0.3 is 9.80 Å². The van der Waals surface area contributed by atoms with Crippen LogP contribution in [0.3, 0.4) is 0 Å². The van der Waals surface area contributed by atoms with Crippen LogP contribution in [0.2, 0.25) is 0 Å². The predicted octanol–water partition coefficient (Wildman–Crippen LogP) is 0.375. The zero-order valence-electron chi connectivity index (χ0n) is 14.8. The Labute approximate surface area is 151 Å². The molecule has 2 aliphatic rings. The van der Waals surface area contributed by atoms with Gasteiger partial charge in [0.25, 0.3) is 0 Å². The van der Waals surface area contributed by atoms with Crippen LogP contribution in [0.15, 0.2) is 10.2 Å². The van der Waals surface area contributed by atoms with Crippen molar-refractivity contribution in [2.75, 3.05) is 45.8 Å². The van der Waals surface area contributed by atoms with Crippen molar-refractivity contribution in [1.82, 2.24) is 19.3 Å². The van der Waals surface area contributed by atoms with Gasteiger partial charge in [0, 0.05) is 50.3 Å². The fraction of sp³-hybridized carbons (Fsp3) is 0.706. The Kier molecular flexibility index (Phi) is 5.90. The molecule has 2 saturated heterocycles. The number of thiazole rings is 1. The Bertz CT molecular complexity index is 670. The summed E-state index contributed by atoms with van der Waals surface area (Å²) in [5, 5.41) is 1.78. The SMILES string of the molecule is Cc1csc(=O)n1CC(=O)N1CCN(CC(=O)N2CCCCC2)CC1. The molecular formula is C17H26N4O3S. The number of aromatic nitrogens is 1. The molecule has 0 unspecified atom stereocenters. The number of carbonyl (C=O) groups excluding carboxylic acids is 2. The van der Waals surface area contributed by atoms with Gasteiger partial charge in [-0.15, -0.1) is 0 Å². The Hall–Kier alpha value is -1.67. The van der Waals surface area contributed by atoms with Gasteiger partial charge in [-0.3, -0.25) is 23.9 Å². The molecule has 2 amide bonds. The van der Waals surface area contributed by atoms with E-state index in [4.69, 9.17) is 0 Å². The molecule has 0 aliphatic carbocycles. The van der Waals surface area contributed by atoms with Crippen LogP contribution in [0.1, 0.15) is 25.0 Å². The Morgan fingerprint density at radius 1 is 0.920 bits per heavy atom. The van der Waals surface area contributed by atoms with Crippen molar-refractivity contribution in [2.24, 2.45) is 0 Å². The first-order valence-corrected chi connectivity index (χ1v) is 9.85. The number of piperidine rings is 1.